The van der Waals surface area contributed by atoms with E-state index in [-0.39, 0.29) is 5.75 Å². The van der Waals surface area contributed by atoms with Gasteiger partial charge in [0, 0.05) is 18.8 Å². The number of thioether (sulfide) groups is 1. The van der Waals surface area contributed by atoms with Crippen LogP contribution in [0.4, 0.5) is 0 Å². The molecule has 0 aliphatic rings. The summed E-state index contributed by atoms with van der Waals surface area (Å²) < 4.78 is 3.57. The Morgan fingerprint density at radius 1 is 1.35 bits per heavy atom. The number of aryl methyl sites for hydroxylation is 4. The molecule has 0 amide bonds. The van der Waals surface area contributed by atoms with Crippen LogP contribution in [0.15, 0.2) is 11.2 Å². The lowest BCUT2D eigenvalue weighted by molar-refractivity contribution is -0.133. The van der Waals surface area contributed by atoms with E-state index in [0.29, 0.717) is 11.7 Å². The highest BCUT2D eigenvalue weighted by Gasteiger charge is 2.09. The van der Waals surface area contributed by atoms with E-state index >= 15 is 0 Å². The SMILES string of the molecule is Cc1cc(C)n(CCCn2nnnc2SCC(=O)O)n1. The fourth-order valence-corrected chi connectivity index (χ4v) is 2.46. The molecule has 0 aromatic carbocycles. The van der Waals surface area contributed by atoms with Gasteiger partial charge >= 0.3 is 5.97 Å². The third-order valence-corrected chi connectivity index (χ3v) is 3.61. The number of aliphatic carboxylic acids is 1. The number of carbonyl (C=O) groups is 1. The number of nitrogens with zero attached hydrogens (tertiary/aromatic N) is 6. The van der Waals surface area contributed by atoms with Gasteiger partial charge in [0.25, 0.3) is 0 Å². The fourth-order valence-electron chi connectivity index (χ4n) is 1.84. The molecule has 0 aliphatic heterocycles. The van der Waals surface area contributed by atoms with Crippen LogP contribution < -0.4 is 0 Å². The van der Waals surface area contributed by atoms with Gasteiger partial charge in [-0.15, -0.1) is 5.10 Å². The van der Waals surface area contributed by atoms with E-state index in [1.54, 1.807) is 4.68 Å². The van der Waals surface area contributed by atoms with Crippen molar-refractivity contribution < 1.29 is 9.90 Å². The van der Waals surface area contributed by atoms with Gasteiger partial charge in [-0.25, -0.2) is 4.68 Å². The smallest absolute Gasteiger partial charge is 0.313 e. The molecule has 0 saturated heterocycles. The molecule has 0 atom stereocenters. The lowest BCUT2D eigenvalue weighted by Gasteiger charge is -2.05. The average molecular weight is 296 g/mol. The summed E-state index contributed by atoms with van der Waals surface area (Å²) in [4.78, 5) is 10.5. The second-order valence-electron chi connectivity index (χ2n) is 4.37. The normalized spacial score (nSPS) is 10.9. The van der Waals surface area contributed by atoms with Crippen molar-refractivity contribution in [1.29, 1.82) is 0 Å². The fraction of sp³-hybridized carbons (Fsp3) is 0.545. The Morgan fingerprint density at radius 3 is 2.75 bits per heavy atom. The Hall–Kier alpha value is -1.90. The van der Waals surface area contributed by atoms with Crippen LogP contribution in [-0.4, -0.2) is 46.8 Å². The van der Waals surface area contributed by atoms with E-state index in [0.717, 1.165) is 36.1 Å². The van der Waals surface area contributed by atoms with Crippen LogP contribution in [0.3, 0.4) is 0 Å². The van der Waals surface area contributed by atoms with Gasteiger partial charge in [0.15, 0.2) is 0 Å². The summed E-state index contributed by atoms with van der Waals surface area (Å²) in [6, 6.07) is 2.03. The van der Waals surface area contributed by atoms with Crippen LogP contribution in [0.25, 0.3) is 0 Å². The summed E-state index contributed by atoms with van der Waals surface area (Å²) in [5.74, 6) is -0.926. The molecule has 20 heavy (non-hydrogen) atoms. The van der Waals surface area contributed by atoms with E-state index in [1.807, 2.05) is 24.6 Å². The van der Waals surface area contributed by atoms with Gasteiger partial charge in [-0.1, -0.05) is 11.8 Å². The van der Waals surface area contributed by atoms with Crippen LogP contribution >= 0.6 is 11.8 Å². The first-order valence-electron chi connectivity index (χ1n) is 6.18. The molecule has 1 N–H and O–H groups in total. The number of rotatable bonds is 7. The molecule has 0 radical (unpaired) electrons. The predicted octanol–water partition coefficient (Wildman–Crippen LogP) is 0.753. The number of hydrogen-bond donors (Lipinski definition) is 1. The van der Waals surface area contributed by atoms with Gasteiger partial charge in [0.05, 0.1) is 11.4 Å². The second-order valence-corrected chi connectivity index (χ2v) is 5.31. The van der Waals surface area contributed by atoms with Gasteiger partial charge in [0.2, 0.25) is 5.16 Å². The zero-order valence-electron chi connectivity index (χ0n) is 11.4. The molecule has 9 heteroatoms. The number of carboxylic acids is 1. The molecule has 0 bridgehead atoms. The first kappa shape index (κ1) is 14.5. The Morgan fingerprint density at radius 2 is 2.10 bits per heavy atom. The van der Waals surface area contributed by atoms with Crippen LogP contribution in [0.1, 0.15) is 17.8 Å². The molecule has 0 spiro atoms. The van der Waals surface area contributed by atoms with E-state index in [2.05, 4.69) is 20.6 Å². The van der Waals surface area contributed by atoms with Gasteiger partial charge in [-0.2, -0.15) is 5.10 Å². The minimum Gasteiger partial charge on any atom is -0.481 e. The summed E-state index contributed by atoms with van der Waals surface area (Å²) >= 11 is 1.12. The van der Waals surface area contributed by atoms with E-state index in [4.69, 9.17) is 5.11 Å². The summed E-state index contributed by atoms with van der Waals surface area (Å²) in [5.41, 5.74) is 2.13. The van der Waals surface area contributed by atoms with E-state index in [9.17, 15) is 4.79 Å². The topological polar surface area (TPSA) is 98.7 Å². The lowest BCUT2D eigenvalue weighted by atomic mass is 10.4. The number of aromatic nitrogens is 6. The molecular weight excluding hydrogens is 280 g/mol. The highest BCUT2D eigenvalue weighted by atomic mass is 32.2. The number of tetrazole rings is 1. The van der Waals surface area contributed by atoms with Gasteiger partial charge in [0.1, 0.15) is 0 Å². The maximum absolute atomic E-state index is 10.5. The van der Waals surface area contributed by atoms with Gasteiger partial charge in [-0.05, 0) is 36.8 Å². The standard InChI is InChI=1S/C11H16N6O2S/c1-8-6-9(2)16(13-8)4-3-5-17-11(12-14-15-17)20-7-10(18)19/h6H,3-5,7H2,1-2H3,(H,18,19). The summed E-state index contributed by atoms with van der Waals surface area (Å²) in [5, 5.41) is 24.8. The van der Waals surface area contributed by atoms with Crippen molar-refractivity contribution in [3.63, 3.8) is 0 Å². The van der Waals surface area contributed by atoms with Crippen molar-refractivity contribution in [3.05, 3.63) is 17.5 Å². The number of carboxylic acid groups (broad SMARTS) is 1. The molecular formula is C11H16N6O2S. The summed E-state index contributed by atoms with van der Waals surface area (Å²) in [6.07, 6.45) is 0.827. The highest BCUT2D eigenvalue weighted by molar-refractivity contribution is 7.99. The Kier molecular flexibility index (Phi) is 4.72. The third-order valence-electron chi connectivity index (χ3n) is 2.67. The van der Waals surface area contributed by atoms with Gasteiger partial charge < -0.3 is 5.11 Å². The van der Waals surface area contributed by atoms with Crippen LogP contribution in [-0.2, 0) is 17.9 Å². The Bertz CT molecular complexity index is 594. The Labute approximate surface area is 120 Å². The molecule has 0 unspecified atom stereocenters. The first-order chi connectivity index (χ1) is 9.56. The zero-order chi connectivity index (χ0) is 14.5. The van der Waals surface area contributed by atoms with E-state index < -0.39 is 5.97 Å². The molecule has 108 valence electrons. The molecule has 0 saturated carbocycles. The summed E-state index contributed by atoms with van der Waals surface area (Å²) in [7, 11) is 0. The molecule has 2 aromatic rings. The molecule has 0 aliphatic carbocycles. The molecule has 2 heterocycles. The van der Waals surface area contributed by atoms with Crippen molar-refractivity contribution in [3.8, 4) is 0 Å². The van der Waals surface area contributed by atoms with Crippen molar-refractivity contribution in [1.82, 2.24) is 30.0 Å². The molecule has 8 nitrogen and oxygen atoms in total. The van der Waals surface area contributed by atoms with E-state index in [1.165, 1.54) is 0 Å². The largest absolute Gasteiger partial charge is 0.481 e. The van der Waals surface area contributed by atoms with Crippen molar-refractivity contribution >= 4 is 17.7 Å². The summed E-state index contributed by atoms with van der Waals surface area (Å²) in [6.45, 7) is 5.40. The zero-order valence-corrected chi connectivity index (χ0v) is 12.2. The van der Waals surface area contributed by atoms with Crippen molar-refractivity contribution in [2.75, 3.05) is 5.75 Å². The van der Waals surface area contributed by atoms with Crippen molar-refractivity contribution in [2.45, 2.75) is 38.5 Å². The lowest BCUT2D eigenvalue weighted by Crippen LogP contribution is -2.09. The van der Waals surface area contributed by atoms with Crippen LogP contribution in [0.5, 0.6) is 0 Å². The third kappa shape index (κ3) is 3.80. The number of hydrogen-bond acceptors (Lipinski definition) is 6. The predicted molar refractivity (Wildman–Crippen MR) is 72.5 cm³/mol. The minimum absolute atomic E-state index is 0.0438. The second kappa shape index (κ2) is 6.51. The monoisotopic (exact) mass is 296 g/mol. The minimum atomic E-state index is -0.882. The maximum atomic E-state index is 10.5. The molecule has 0 fully saturated rings. The van der Waals surface area contributed by atoms with Gasteiger partial charge in [-0.3, -0.25) is 9.48 Å². The quantitative estimate of drug-likeness (QED) is 0.753. The molecule has 2 aromatic heterocycles. The first-order valence-corrected chi connectivity index (χ1v) is 7.16. The highest BCUT2D eigenvalue weighted by Crippen LogP contribution is 2.13. The maximum Gasteiger partial charge on any atom is 0.313 e. The van der Waals surface area contributed by atoms with Crippen LogP contribution in [0, 0.1) is 13.8 Å². The Balaban J connectivity index is 1.86. The van der Waals surface area contributed by atoms with Crippen LogP contribution in [0.2, 0.25) is 0 Å². The van der Waals surface area contributed by atoms with Crippen molar-refractivity contribution in [2.24, 2.45) is 0 Å². The molecule has 2 rings (SSSR count). The average Bonchev–Trinajstić information content (AvgIpc) is 2.94.